The lowest BCUT2D eigenvalue weighted by atomic mass is 10.2. The smallest absolute Gasteiger partial charge is 0.444 e. The number of carbonyl (C=O) groups excluding carboxylic acids is 1. The fourth-order valence-corrected chi connectivity index (χ4v) is 5.74. The van der Waals surface area contributed by atoms with E-state index in [4.69, 9.17) is 9.47 Å². The third-order valence-electron chi connectivity index (χ3n) is 5.35. The quantitative estimate of drug-likeness (QED) is 0.583. The molecule has 0 spiro atoms. The standard InChI is InChI=1S/C23H26F3N3O6S/c1-22(2,3)35-21(30)27-12-13-33-16(14-27)15-28-17-8-4-5-9-18(17)29(36(28,31)32)19-10-6-7-11-20(19)34-23(24,25)26/h4-11,16H,12-15H2,1-3H3. The first-order chi connectivity index (χ1) is 16.8. The molecule has 13 heteroatoms. The Labute approximate surface area is 207 Å². The number of morpholine rings is 1. The average molecular weight is 530 g/mol. The lowest BCUT2D eigenvalue weighted by Crippen LogP contribution is -2.51. The molecule has 9 nitrogen and oxygen atoms in total. The van der Waals surface area contributed by atoms with Crippen molar-refractivity contribution in [1.29, 1.82) is 0 Å². The first-order valence-corrected chi connectivity index (χ1v) is 12.5. The molecule has 0 N–H and O–H groups in total. The highest BCUT2D eigenvalue weighted by Gasteiger charge is 2.45. The zero-order valence-corrected chi connectivity index (χ0v) is 20.7. The Morgan fingerprint density at radius 2 is 1.64 bits per heavy atom. The maximum Gasteiger partial charge on any atom is 0.573 e. The summed E-state index contributed by atoms with van der Waals surface area (Å²) in [6.07, 6.45) is -6.25. The summed E-state index contributed by atoms with van der Waals surface area (Å²) in [5.41, 5.74) is -0.563. The number of halogens is 3. The van der Waals surface area contributed by atoms with Crippen LogP contribution in [0.3, 0.4) is 0 Å². The Morgan fingerprint density at radius 1 is 1.03 bits per heavy atom. The topological polar surface area (TPSA) is 88.6 Å². The summed E-state index contributed by atoms with van der Waals surface area (Å²) < 4.78 is 83.6. The number of amides is 1. The van der Waals surface area contributed by atoms with Gasteiger partial charge in [0.1, 0.15) is 11.3 Å². The third kappa shape index (κ3) is 5.46. The van der Waals surface area contributed by atoms with E-state index in [-0.39, 0.29) is 43.3 Å². The van der Waals surface area contributed by atoms with Crippen molar-refractivity contribution in [2.24, 2.45) is 0 Å². The van der Waals surface area contributed by atoms with Gasteiger partial charge in [-0.3, -0.25) is 0 Å². The van der Waals surface area contributed by atoms with Crippen molar-refractivity contribution in [3.8, 4) is 5.75 Å². The number of para-hydroxylation sites is 4. The number of ether oxygens (including phenoxy) is 3. The fourth-order valence-electron chi connectivity index (χ4n) is 3.98. The van der Waals surface area contributed by atoms with Crippen molar-refractivity contribution >= 4 is 33.4 Å². The molecule has 2 aromatic carbocycles. The van der Waals surface area contributed by atoms with Gasteiger partial charge in [0.05, 0.1) is 37.2 Å². The van der Waals surface area contributed by atoms with Crippen molar-refractivity contribution in [3.63, 3.8) is 0 Å². The van der Waals surface area contributed by atoms with E-state index in [1.807, 2.05) is 0 Å². The van der Waals surface area contributed by atoms with Gasteiger partial charge in [-0.05, 0) is 45.0 Å². The van der Waals surface area contributed by atoms with Crippen LogP contribution in [0.15, 0.2) is 48.5 Å². The molecule has 1 fully saturated rings. The lowest BCUT2D eigenvalue weighted by Gasteiger charge is -2.35. The molecule has 2 aliphatic rings. The van der Waals surface area contributed by atoms with Crippen molar-refractivity contribution in [2.45, 2.75) is 38.8 Å². The second-order valence-corrected chi connectivity index (χ2v) is 10.9. The van der Waals surface area contributed by atoms with Crippen LogP contribution in [-0.2, 0) is 19.7 Å². The maximum absolute atomic E-state index is 13.7. The SMILES string of the molecule is CC(C)(C)OC(=O)N1CCOC(CN2c3ccccc3N(c3ccccc3OC(F)(F)F)S2(=O)=O)C1. The van der Waals surface area contributed by atoms with Gasteiger partial charge in [0, 0.05) is 6.54 Å². The number of hydrogen-bond acceptors (Lipinski definition) is 6. The second kappa shape index (κ2) is 9.36. The van der Waals surface area contributed by atoms with Gasteiger partial charge < -0.3 is 19.1 Å². The van der Waals surface area contributed by atoms with Gasteiger partial charge in [-0.25, -0.2) is 13.4 Å². The van der Waals surface area contributed by atoms with Crippen molar-refractivity contribution in [1.82, 2.24) is 4.90 Å². The molecule has 1 atom stereocenters. The maximum atomic E-state index is 13.7. The Morgan fingerprint density at radius 3 is 2.28 bits per heavy atom. The van der Waals surface area contributed by atoms with Gasteiger partial charge in [0.25, 0.3) is 0 Å². The van der Waals surface area contributed by atoms with Crippen LogP contribution in [-0.4, -0.2) is 63.7 Å². The molecule has 2 heterocycles. The summed E-state index contributed by atoms with van der Waals surface area (Å²) in [5, 5.41) is 0. The highest BCUT2D eigenvalue weighted by Crippen LogP contribution is 2.48. The third-order valence-corrected chi connectivity index (χ3v) is 7.11. The first kappa shape index (κ1) is 25.9. The Bertz CT molecular complexity index is 1230. The number of nitrogens with zero attached hydrogens (tertiary/aromatic N) is 3. The van der Waals surface area contributed by atoms with Crippen LogP contribution in [0.2, 0.25) is 0 Å². The van der Waals surface area contributed by atoms with Crippen LogP contribution in [0.5, 0.6) is 5.75 Å². The van der Waals surface area contributed by atoms with Crippen LogP contribution >= 0.6 is 0 Å². The van der Waals surface area contributed by atoms with Crippen molar-refractivity contribution in [3.05, 3.63) is 48.5 Å². The summed E-state index contributed by atoms with van der Waals surface area (Å²) in [6, 6.07) is 11.3. The molecule has 2 aromatic rings. The number of benzene rings is 2. The van der Waals surface area contributed by atoms with E-state index in [9.17, 15) is 26.4 Å². The molecule has 196 valence electrons. The summed E-state index contributed by atoms with van der Waals surface area (Å²) in [5.74, 6) is -0.657. The molecular weight excluding hydrogens is 503 g/mol. The highest BCUT2D eigenvalue weighted by atomic mass is 32.2. The minimum atomic E-state index is -5.01. The molecule has 4 rings (SSSR count). The Hall–Kier alpha value is -3.19. The van der Waals surface area contributed by atoms with Crippen LogP contribution in [0.1, 0.15) is 20.8 Å². The first-order valence-electron chi connectivity index (χ1n) is 11.1. The summed E-state index contributed by atoms with van der Waals surface area (Å²) >= 11 is 0. The zero-order chi connectivity index (χ0) is 26.3. The average Bonchev–Trinajstić information content (AvgIpc) is 2.98. The van der Waals surface area contributed by atoms with Crippen LogP contribution in [0, 0.1) is 0 Å². The van der Waals surface area contributed by atoms with E-state index < -0.39 is 40.1 Å². The van der Waals surface area contributed by atoms with Gasteiger partial charge in [0.15, 0.2) is 5.75 Å². The van der Waals surface area contributed by atoms with Gasteiger partial charge >= 0.3 is 22.7 Å². The van der Waals surface area contributed by atoms with Crippen molar-refractivity contribution in [2.75, 3.05) is 34.9 Å². The largest absolute Gasteiger partial charge is 0.573 e. The molecule has 0 bridgehead atoms. The van der Waals surface area contributed by atoms with E-state index in [0.717, 1.165) is 14.7 Å². The van der Waals surface area contributed by atoms with Crippen LogP contribution < -0.4 is 13.3 Å². The summed E-state index contributed by atoms with van der Waals surface area (Å²) in [6.45, 7) is 5.59. The molecule has 1 saturated heterocycles. The predicted molar refractivity (Wildman–Crippen MR) is 126 cm³/mol. The number of alkyl halides is 3. The van der Waals surface area contributed by atoms with Crippen LogP contribution in [0.4, 0.5) is 35.0 Å². The lowest BCUT2D eigenvalue weighted by molar-refractivity contribution is -0.274. The predicted octanol–water partition coefficient (Wildman–Crippen LogP) is 4.42. The monoisotopic (exact) mass is 529 g/mol. The minimum Gasteiger partial charge on any atom is -0.444 e. The fraction of sp³-hybridized carbons (Fsp3) is 0.435. The summed E-state index contributed by atoms with van der Waals surface area (Å²) in [7, 11) is -4.38. The Balaban J connectivity index is 1.64. The molecule has 36 heavy (non-hydrogen) atoms. The van der Waals surface area contributed by atoms with E-state index >= 15 is 0 Å². The number of hydrogen-bond donors (Lipinski definition) is 0. The van der Waals surface area contributed by atoms with Crippen LogP contribution in [0.25, 0.3) is 0 Å². The molecule has 2 aliphatic heterocycles. The zero-order valence-electron chi connectivity index (χ0n) is 19.9. The number of carbonyl (C=O) groups is 1. The van der Waals surface area contributed by atoms with Gasteiger partial charge in [-0.15, -0.1) is 13.2 Å². The number of fused-ring (bicyclic) bond motifs is 1. The Kier molecular flexibility index (Phi) is 6.73. The normalized spacial score (nSPS) is 19.7. The number of anilines is 3. The van der Waals surface area contributed by atoms with E-state index in [1.165, 1.54) is 29.2 Å². The van der Waals surface area contributed by atoms with Crippen molar-refractivity contribution < 1.29 is 40.6 Å². The molecule has 0 aliphatic carbocycles. The molecular formula is C23H26F3N3O6S. The van der Waals surface area contributed by atoms with Gasteiger partial charge in [-0.1, -0.05) is 24.3 Å². The van der Waals surface area contributed by atoms with E-state index in [1.54, 1.807) is 39.0 Å². The molecule has 0 radical (unpaired) electrons. The summed E-state index contributed by atoms with van der Waals surface area (Å²) in [4.78, 5) is 14.0. The second-order valence-electron chi connectivity index (χ2n) is 9.23. The molecule has 1 amide bonds. The van der Waals surface area contributed by atoms with Gasteiger partial charge in [-0.2, -0.15) is 8.42 Å². The molecule has 1 unspecified atom stereocenters. The van der Waals surface area contributed by atoms with E-state index in [0.29, 0.717) is 0 Å². The highest BCUT2D eigenvalue weighted by molar-refractivity contribution is 7.95. The molecule has 0 saturated carbocycles. The molecule has 0 aromatic heterocycles. The minimum absolute atomic E-state index is 0.0802. The van der Waals surface area contributed by atoms with Gasteiger partial charge in [0.2, 0.25) is 0 Å². The van der Waals surface area contributed by atoms with E-state index in [2.05, 4.69) is 4.74 Å². The number of rotatable bonds is 4.